The summed E-state index contributed by atoms with van der Waals surface area (Å²) in [6, 6.07) is 13.4. The lowest BCUT2D eigenvalue weighted by Crippen LogP contribution is -1.84. The molecule has 0 aliphatic carbocycles. The summed E-state index contributed by atoms with van der Waals surface area (Å²) in [6.45, 7) is 0. The lowest BCUT2D eigenvalue weighted by atomic mass is 10.1. The van der Waals surface area contributed by atoms with Gasteiger partial charge in [-0.05, 0) is 29.8 Å². The fourth-order valence-corrected chi connectivity index (χ4v) is 3.15. The first-order valence-corrected chi connectivity index (χ1v) is 7.42. The molecule has 0 radical (unpaired) electrons. The highest BCUT2D eigenvalue weighted by Crippen LogP contribution is 2.37. The van der Waals surface area contributed by atoms with Crippen LogP contribution in [0, 0.1) is 0 Å². The number of carbonyl (C=O) groups is 1. The van der Waals surface area contributed by atoms with Crippen LogP contribution >= 0.6 is 11.6 Å². The Kier molecular flexibility index (Phi) is 2.39. The number of halogens is 1. The van der Waals surface area contributed by atoms with Crippen LogP contribution in [0.3, 0.4) is 0 Å². The molecule has 0 unspecified atom stereocenters. The first kappa shape index (κ1) is 12.7. The van der Waals surface area contributed by atoms with Crippen LogP contribution in [0.2, 0.25) is 0 Å². The van der Waals surface area contributed by atoms with E-state index in [0.29, 0.717) is 22.1 Å². The first-order valence-electron chi connectivity index (χ1n) is 7.04. The van der Waals surface area contributed by atoms with Gasteiger partial charge in [-0.1, -0.05) is 18.2 Å². The van der Waals surface area contributed by atoms with Crippen molar-refractivity contribution in [3.05, 3.63) is 54.5 Å². The van der Waals surface area contributed by atoms with Gasteiger partial charge in [0, 0.05) is 22.2 Å². The fraction of sp³-hybridized carbons (Fsp3) is 0. The summed E-state index contributed by atoms with van der Waals surface area (Å²) in [6.07, 6.45) is 1.62. The number of nitrogens with zero attached hydrogens (tertiary/aromatic N) is 1. The van der Waals surface area contributed by atoms with E-state index < -0.39 is 5.24 Å². The third-order valence-electron chi connectivity index (χ3n) is 4.06. The Hall–Kier alpha value is -2.85. The third kappa shape index (κ3) is 1.67. The molecule has 110 valence electrons. The van der Waals surface area contributed by atoms with Crippen molar-refractivity contribution in [2.24, 2.45) is 0 Å². The molecule has 3 heterocycles. The van der Waals surface area contributed by atoms with Crippen LogP contribution in [0.4, 0.5) is 0 Å². The predicted octanol–water partition coefficient (Wildman–Crippen LogP) is 5.26. The van der Waals surface area contributed by atoms with E-state index in [2.05, 4.69) is 6.07 Å². The molecule has 0 N–H and O–H groups in total. The van der Waals surface area contributed by atoms with Gasteiger partial charge in [-0.15, -0.1) is 0 Å². The number of fused-ring (bicyclic) bond motifs is 7. The largest absolute Gasteiger partial charge is 0.464 e. The topological polar surface area (TPSA) is 56.2 Å². The van der Waals surface area contributed by atoms with E-state index in [9.17, 15) is 4.79 Å². The Balaban J connectivity index is 2.10. The summed E-state index contributed by atoms with van der Waals surface area (Å²) in [5.41, 5.74) is 2.73. The maximum atomic E-state index is 11.5. The lowest BCUT2D eigenvalue weighted by Gasteiger charge is -2.03. The van der Waals surface area contributed by atoms with Crippen molar-refractivity contribution in [2.75, 3.05) is 0 Å². The normalized spacial score (nSPS) is 11.9. The highest BCUT2D eigenvalue weighted by atomic mass is 35.5. The second-order valence-electron chi connectivity index (χ2n) is 5.37. The summed E-state index contributed by atoms with van der Waals surface area (Å²) in [4.78, 5) is 16.2. The van der Waals surface area contributed by atoms with Crippen molar-refractivity contribution >= 4 is 60.6 Å². The van der Waals surface area contributed by atoms with Gasteiger partial charge in [-0.2, -0.15) is 0 Å². The Labute approximate surface area is 134 Å². The summed E-state index contributed by atoms with van der Waals surface area (Å²) in [7, 11) is 0. The van der Waals surface area contributed by atoms with E-state index in [1.807, 2.05) is 30.3 Å². The van der Waals surface area contributed by atoms with E-state index in [-0.39, 0.29) is 5.76 Å². The molecule has 2 aromatic carbocycles. The first-order chi connectivity index (χ1) is 11.2. The van der Waals surface area contributed by atoms with Crippen LogP contribution < -0.4 is 0 Å². The summed E-state index contributed by atoms with van der Waals surface area (Å²) in [5, 5.41) is 2.93. The van der Waals surface area contributed by atoms with Gasteiger partial charge in [0.2, 0.25) is 0 Å². The Morgan fingerprint density at radius 2 is 1.87 bits per heavy atom. The fourth-order valence-electron chi connectivity index (χ4n) is 3.06. The molecule has 0 saturated carbocycles. The summed E-state index contributed by atoms with van der Waals surface area (Å²) in [5.74, 6) is 0.0850. The van der Waals surface area contributed by atoms with Crippen LogP contribution in [0.15, 0.2) is 57.6 Å². The van der Waals surface area contributed by atoms with Crippen molar-refractivity contribution in [3.8, 4) is 0 Å². The maximum Gasteiger partial charge on any atom is 0.287 e. The molecule has 23 heavy (non-hydrogen) atoms. The predicted molar refractivity (Wildman–Crippen MR) is 89.0 cm³/mol. The average molecular weight is 322 g/mol. The number of pyridine rings is 1. The number of furan rings is 2. The quantitative estimate of drug-likeness (QED) is 0.312. The Morgan fingerprint density at radius 1 is 1.00 bits per heavy atom. The number of aromatic nitrogens is 1. The Bertz CT molecular complexity index is 1250. The number of rotatable bonds is 1. The smallest absolute Gasteiger partial charge is 0.287 e. The number of para-hydroxylation sites is 1. The molecule has 0 amide bonds. The zero-order valence-electron chi connectivity index (χ0n) is 11.7. The van der Waals surface area contributed by atoms with E-state index >= 15 is 0 Å². The molecule has 0 aliphatic rings. The molecule has 0 bridgehead atoms. The van der Waals surface area contributed by atoms with E-state index in [1.165, 1.54) is 0 Å². The van der Waals surface area contributed by atoms with Gasteiger partial charge in [-0.25, -0.2) is 4.98 Å². The number of benzene rings is 2. The van der Waals surface area contributed by atoms with Gasteiger partial charge in [0.1, 0.15) is 11.1 Å². The lowest BCUT2D eigenvalue weighted by molar-refractivity contribution is 0.105. The van der Waals surface area contributed by atoms with Crippen LogP contribution in [0.5, 0.6) is 0 Å². The molecule has 0 spiro atoms. The van der Waals surface area contributed by atoms with Crippen LogP contribution in [-0.4, -0.2) is 10.2 Å². The number of carbonyl (C=O) groups excluding carboxylic acids is 1. The van der Waals surface area contributed by atoms with Crippen LogP contribution in [0.25, 0.3) is 43.7 Å². The molecule has 0 aliphatic heterocycles. The third-order valence-corrected chi connectivity index (χ3v) is 4.25. The van der Waals surface area contributed by atoms with Gasteiger partial charge >= 0.3 is 0 Å². The van der Waals surface area contributed by atoms with E-state index in [4.69, 9.17) is 25.4 Å². The molecule has 4 nitrogen and oxygen atoms in total. The van der Waals surface area contributed by atoms with Gasteiger partial charge < -0.3 is 8.83 Å². The molecule has 3 aromatic heterocycles. The second kappa shape index (κ2) is 4.33. The zero-order chi connectivity index (χ0) is 15.6. The summed E-state index contributed by atoms with van der Waals surface area (Å²) < 4.78 is 11.3. The van der Waals surface area contributed by atoms with Crippen molar-refractivity contribution in [3.63, 3.8) is 0 Å². The molecule has 0 atom stereocenters. The van der Waals surface area contributed by atoms with Gasteiger partial charge in [-0.3, -0.25) is 4.79 Å². The highest BCUT2D eigenvalue weighted by Gasteiger charge is 2.19. The van der Waals surface area contributed by atoms with Crippen molar-refractivity contribution < 1.29 is 13.6 Å². The maximum absolute atomic E-state index is 11.5. The Morgan fingerprint density at radius 3 is 2.74 bits per heavy atom. The minimum Gasteiger partial charge on any atom is -0.464 e. The minimum atomic E-state index is -0.644. The standard InChI is InChI=1S/C18H8ClNO3/c19-18(21)14-8-12-16-10(5-6-22-16)11-7-9-3-1-2-4-13(9)20-15(11)17(12)23-14/h1-8H. The van der Waals surface area contributed by atoms with Gasteiger partial charge in [0.05, 0.1) is 17.2 Å². The van der Waals surface area contributed by atoms with Gasteiger partial charge in [0.25, 0.3) is 5.24 Å². The molecule has 5 heteroatoms. The number of hydrogen-bond donors (Lipinski definition) is 0. The molecule has 5 aromatic rings. The van der Waals surface area contributed by atoms with Gasteiger partial charge in [0.15, 0.2) is 11.3 Å². The molecule has 5 rings (SSSR count). The van der Waals surface area contributed by atoms with Crippen LogP contribution in [0.1, 0.15) is 10.6 Å². The monoisotopic (exact) mass is 321 g/mol. The van der Waals surface area contributed by atoms with E-state index in [1.54, 1.807) is 12.3 Å². The highest BCUT2D eigenvalue weighted by molar-refractivity contribution is 6.67. The molecular weight excluding hydrogens is 314 g/mol. The van der Waals surface area contributed by atoms with Crippen LogP contribution in [-0.2, 0) is 0 Å². The molecule has 0 fully saturated rings. The zero-order valence-corrected chi connectivity index (χ0v) is 12.4. The van der Waals surface area contributed by atoms with Crippen molar-refractivity contribution in [2.45, 2.75) is 0 Å². The molecule has 0 saturated heterocycles. The van der Waals surface area contributed by atoms with Crippen molar-refractivity contribution in [1.29, 1.82) is 0 Å². The minimum absolute atomic E-state index is 0.0850. The summed E-state index contributed by atoms with van der Waals surface area (Å²) >= 11 is 5.56. The average Bonchev–Trinajstić information content (AvgIpc) is 3.20. The SMILES string of the molecule is O=C(Cl)c1cc2c3occc3c3cc4ccccc4nc3c2o1. The molecular formula is C18H8ClNO3. The van der Waals surface area contributed by atoms with E-state index in [0.717, 1.165) is 21.7 Å². The number of hydrogen-bond acceptors (Lipinski definition) is 4. The second-order valence-corrected chi connectivity index (χ2v) is 5.71. The van der Waals surface area contributed by atoms with Crippen molar-refractivity contribution in [1.82, 2.24) is 4.98 Å².